The molecule has 2 aromatic heterocycles. The van der Waals surface area contributed by atoms with Gasteiger partial charge in [-0.15, -0.1) is 0 Å². The highest BCUT2D eigenvalue weighted by atomic mass is 32.2. The Bertz CT molecular complexity index is 1120. The molecular weight excluding hydrogens is 384 g/mol. The summed E-state index contributed by atoms with van der Waals surface area (Å²) < 4.78 is 28.8. The van der Waals surface area contributed by atoms with Gasteiger partial charge in [0.05, 0.1) is 11.2 Å². The van der Waals surface area contributed by atoms with Crippen LogP contribution in [0.4, 0.5) is 0 Å². The number of carbonyl (C=O) groups excluding carboxylic acids is 1. The summed E-state index contributed by atoms with van der Waals surface area (Å²) in [6.07, 6.45) is 1.99. The minimum absolute atomic E-state index is 0.0298. The van der Waals surface area contributed by atoms with Crippen molar-refractivity contribution in [2.45, 2.75) is 17.9 Å². The smallest absolute Gasteiger partial charge is 0.267 e. The van der Waals surface area contributed by atoms with E-state index in [1.807, 2.05) is 0 Å². The fourth-order valence-electron chi connectivity index (χ4n) is 2.50. The van der Waals surface area contributed by atoms with Crippen molar-refractivity contribution < 1.29 is 17.6 Å². The summed E-state index contributed by atoms with van der Waals surface area (Å²) in [7, 11) is -3.73. The van der Waals surface area contributed by atoms with Crippen LogP contribution in [0.3, 0.4) is 0 Å². The number of furan rings is 1. The van der Waals surface area contributed by atoms with E-state index >= 15 is 0 Å². The molecule has 0 aliphatic rings. The first-order chi connectivity index (χ1) is 13.3. The molecule has 1 amide bonds. The average Bonchev–Trinajstić information content (AvgIpc) is 3.18. The molecule has 10 heteroatoms. The number of rotatable bonds is 7. The van der Waals surface area contributed by atoms with Crippen molar-refractivity contribution >= 4 is 15.9 Å². The van der Waals surface area contributed by atoms with Crippen molar-refractivity contribution in [3.8, 4) is 11.5 Å². The number of aromatic nitrogens is 2. The van der Waals surface area contributed by atoms with Crippen molar-refractivity contribution in [1.82, 2.24) is 15.1 Å². The number of amides is 1. The van der Waals surface area contributed by atoms with Crippen LogP contribution in [0.5, 0.6) is 0 Å². The number of carbonyl (C=O) groups is 1. The molecule has 0 spiro atoms. The maximum Gasteiger partial charge on any atom is 0.267 e. The number of primary sulfonamides is 1. The lowest BCUT2D eigenvalue weighted by atomic mass is 10.1. The first kappa shape index (κ1) is 19.5. The highest BCUT2D eigenvalue weighted by Crippen LogP contribution is 2.15. The lowest BCUT2D eigenvalue weighted by Gasteiger charge is -2.08. The van der Waals surface area contributed by atoms with E-state index < -0.39 is 15.6 Å². The van der Waals surface area contributed by atoms with Crippen LogP contribution in [-0.4, -0.2) is 30.7 Å². The zero-order valence-corrected chi connectivity index (χ0v) is 15.6. The second-order valence-electron chi connectivity index (χ2n) is 5.98. The number of nitrogens with zero attached hydrogens (tertiary/aromatic N) is 2. The summed E-state index contributed by atoms with van der Waals surface area (Å²) in [5.41, 5.74) is 0.888. The number of hydrogen-bond acceptors (Lipinski definition) is 6. The molecule has 3 N–H and O–H groups in total. The Balaban J connectivity index is 1.56. The Morgan fingerprint density at radius 3 is 2.54 bits per heavy atom. The molecule has 2 heterocycles. The van der Waals surface area contributed by atoms with Gasteiger partial charge >= 0.3 is 0 Å². The predicted molar refractivity (Wildman–Crippen MR) is 101 cm³/mol. The lowest BCUT2D eigenvalue weighted by Crippen LogP contribution is -2.34. The maximum atomic E-state index is 12.1. The van der Waals surface area contributed by atoms with Gasteiger partial charge in [0.1, 0.15) is 12.2 Å². The van der Waals surface area contributed by atoms with Gasteiger partial charge in [-0.25, -0.2) is 18.2 Å². The van der Waals surface area contributed by atoms with E-state index in [4.69, 9.17) is 9.56 Å². The van der Waals surface area contributed by atoms with Crippen LogP contribution in [-0.2, 0) is 27.8 Å². The minimum Gasteiger partial charge on any atom is -0.463 e. The van der Waals surface area contributed by atoms with Gasteiger partial charge in [0.25, 0.3) is 5.56 Å². The molecule has 0 bridgehead atoms. The molecule has 9 nitrogen and oxygen atoms in total. The molecule has 0 aliphatic carbocycles. The molecular formula is C18H18N4O5S. The molecule has 0 saturated carbocycles. The summed E-state index contributed by atoms with van der Waals surface area (Å²) in [6, 6.07) is 12.3. The molecule has 0 aliphatic heterocycles. The Morgan fingerprint density at radius 1 is 1.14 bits per heavy atom. The molecule has 0 unspecified atom stereocenters. The monoisotopic (exact) mass is 402 g/mol. The summed E-state index contributed by atoms with van der Waals surface area (Å²) in [5.74, 6) is 0.129. The molecule has 3 rings (SSSR count). The number of nitrogens with two attached hydrogens (primary N) is 1. The summed E-state index contributed by atoms with van der Waals surface area (Å²) in [5, 5.41) is 11.9. The van der Waals surface area contributed by atoms with E-state index in [1.165, 1.54) is 30.5 Å². The van der Waals surface area contributed by atoms with Crippen molar-refractivity contribution in [2.75, 3.05) is 6.54 Å². The van der Waals surface area contributed by atoms with Crippen LogP contribution in [0.1, 0.15) is 5.56 Å². The zero-order chi connectivity index (χ0) is 20.1. The predicted octanol–water partition coefficient (Wildman–Crippen LogP) is 0.510. The van der Waals surface area contributed by atoms with Gasteiger partial charge in [-0.05, 0) is 42.3 Å². The van der Waals surface area contributed by atoms with E-state index in [9.17, 15) is 18.0 Å². The van der Waals surface area contributed by atoms with Gasteiger partial charge in [-0.1, -0.05) is 12.1 Å². The molecule has 0 radical (unpaired) electrons. The van der Waals surface area contributed by atoms with Crippen molar-refractivity contribution in [1.29, 1.82) is 0 Å². The molecule has 28 heavy (non-hydrogen) atoms. The molecule has 0 atom stereocenters. The third-order valence-corrected chi connectivity index (χ3v) is 4.85. The average molecular weight is 402 g/mol. The summed E-state index contributed by atoms with van der Waals surface area (Å²) in [4.78, 5) is 24.1. The van der Waals surface area contributed by atoms with E-state index in [2.05, 4.69) is 10.4 Å². The van der Waals surface area contributed by atoms with Crippen molar-refractivity contribution in [2.24, 2.45) is 5.14 Å². The first-order valence-electron chi connectivity index (χ1n) is 8.33. The van der Waals surface area contributed by atoms with Crippen molar-refractivity contribution in [3.05, 3.63) is 70.7 Å². The van der Waals surface area contributed by atoms with Gasteiger partial charge in [-0.2, -0.15) is 5.10 Å². The quantitative estimate of drug-likeness (QED) is 0.591. The Labute approximate surface area is 160 Å². The van der Waals surface area contributed by atoms with Gasteiger partial charge in [0.2, 0.25) is 15.9 Å². The van der Waals surface area contributed by atoms with E-state index in [0.717, 1.165) is 10.2 Å². The number of benzene rings is 1. The fraction of sp³-hybridized carbons (Fsp3) is 0.167. The van der Waals surface area contributed by atoms with Gasteiger partial charge < -0.3 is 9.73 Å². The normalized spacial score (nSPS) is 11.3. The van der Waals surface area contributed by atoms with Crippen LogP contribution in [0.15, 0.2) is 68.9 Å². The number of sulfonamides is 1. The van der Waals surface area contributed by atoms with Gasteiger partial charge in [-0.3, -0.25) is 9.59 Å². The largest absolute Gasteiger partial charge is 0.463 e. The summed E-state index contributed by atoms with van der Waals surface area (Å²) in [6.45, 7) is 0.0952. The van der Waals surface area contributed by atoms with E-state index in [-0.39, 0.29) is 17.3 Å². The Hall–Kier alpha value is -3.24. The van der Waals surface area contributed by atoms with Gasteiger partial charge in [0.15, 0.2) is 5.76 Å². The number of hydrogen-bond donors (Lipinski definition) is 2. The van der Waals surface area contributed by atoms with Crippen LogP contribution >= 0.6 is 0 Å². The molecule has 0 saturated heterocycles. The first-order valence-corrected chi connectivity index (χ1v) is 9.88. The second-order valence-corrected chi connectivity index (χ2v) is 7.54. The lowest BCUT2D eigenvalue weighted by molar-refractivity contribution is -0.121. The molecule has 3 aromatic rings. The number of nitrogens with one attached hydrogen (secondary N) is 1. The standard InChI is InChI=1S/C18H18N4O5S/c19-28(25,26)14-5-3-13(4-6-14)9-10-20-17(23)12-22-18(24)8-7-15(21-22)16-2-1-11-27-16/h1-8,11H,9-10,12H2,(H,20,23)(H2,19,25,26). The van der Waals surface area contributed by atoms with Crippen LogP contribution in [0.25, 0.3) is 11.5 Å². The van der Waals surface area contributed by atoms with E-state index in [0.29, 0.717) is 24.4 Å². The summed E-state index contributed by atoms with van der Waals surface area (Å²) >= 11 is 0. The fourth-order valence-corrected chi connectivity index (χ4v) is 3.02. The zero-order valence-electron chi connectivity index (χ0n) is 14.7. The maximum absolute atomic E-state index is 12.1. The third-order valence-electron chi connectivity index (χ3n) is 3.92. The topological polar surface area (TPSA) is 137 Å². The minimum atomic E-state index is -3.73. The van der Waals surface area contributed by atoms with Gasteiger partial charge in [0, 0.05) is 12.6 Å². The molecule has 1 aromatic carbocycles. The second kappa shape index (κ2) is 8.19. The Morgan fingerprint density at radius 2 is 1.89 bits per heavy atom. The highest BCUT2D eigenvalue weighted by molar-refractivity contribution is 7.89. The molecule has 146 valence electrons. The van der Waals surface area contributed by atoms with Crippen LogP contribution in [0, 0.1) is 0 Å². The third kappa shape index (κ3) is 4.93. The van der Waals surface area contributed by atoms with Crippen LogP contribution in [0.2, 0.25) is 0 Å². The highest BCUT2D eigenvalue weighted by Gasteiger charge is 2.10. The van der Waals surface area contributed by atoms with Crippen LogP contribution < -0.4 is 16.0 Å². The van der Waals surface area contributed by atoms with Crippen molar-refractivity contribution in [3.63, 3.8) is 0 Å². The van der Waals surface area contributed by atoms with E-state index in [1.54, 1.807) is 24.3 Å². The Kier molecular flexibility index (Phi) is 5.71. The molecule has 0 fully saturated rings. The SMILES string of the molecule is NS(=O)(=O)c1ccc(CCNC(=O)Cn2nc(-c3ccco3)ccc2=O)cc1.